The summed E-state index contributed by atoms with van der Waals surface area (Å²) in [5, 5.41) is 2.64. The molecule has 0 saturated heterocycles. The summed E-state index contributed by atoms with van der Waals surface area (Å²) in [5.41, 5.74) is 23.8. The molecule has 324 valence electrons. The van der Waals surface area contributed by atoms with E-state index in [0.29, 0.717) is 0 Å². The van der Waals surface area contributed by atoms with Crippen molar-refractivity contribution >= 4 is 48.6 Å². The predicted octanol–water partition coefficient (Wildman–Crippen LogP) is 18.8. The van der Waals surface area contributed by atoms with Gasteiger partial charge in [0.2, 0.25) is 0 Å². The molecule has 1 heterocycles. The van der Waals surface area contributed by atoms with Crippen molar-refractivity contribution in [3.05, 3.63) is 247 Å². The van der Waals surface area contributed by atoms with Gasteiger partial charge in [-0.1, -0.05) is 185 Å². The van der Waals surface area contributed by atoms with Crippen molar-refractivity contribution in [1.82, 2.24) is 0 Å². The van der Waals surface area contributed by atoms with Crippen LogP contribution in [0.4, 0.5) is 17.1 Å². The summed E-state index contributed by atoms with van der Waals surface area (Å²) >= 11 is 1.87. The predicted molar refractivity (Wildman–Crippen MR) is 291 cm³/mol. The van der Waals surface area contributed by atoms with Crippen LogP contribution in [0.1, 0.15) is 49.9 Å². The molecule has 2 aliphatic carbocycles. The van der Waals surface area contributed by atoms with Gasteiger partial charge in [0.1, 0.15) is 0 Å². The van der Waals surface area contributed by atoms with E-state index in [1.54, 1.807) is 0 Å². The zero-order valence-corrected chi connectivity index (χ0v) is 39.5. The fourth-order valence-corrected chi connectivity index (χ4v) is 12.7. The van der Waals surface area contributed by atoms with Crippen LogP contribution in [0, 0.1) is 0 Å². The summed E-state index contributed by atoms with van der Waals surface area (Å²) in [6.07, 6.45) is 0. The van der Waals surface area contributed by atoms with Crippen LogP contribution < -0.4 is 4.90 Å². The fraction of sp³-hybridized carbons (Fsp3) is 0.0909. The number of benzene rings is 10. The van der Waals surface area contributed by atoms with Crippen molar-refractivity contribution in [2.45, 2.75) is 38.5 Å². The van der Waals surface area contributed by atoms with Crippen molar-refractivity contribution in [2.24, 2.45) is 0 Å². The number of hydrogen-bond donors (Lipinski definition) is 0. The Balaban J connectivity index is 0.923. The standard InChI is InChI=1S/C66H49NS/c1-65(2)57-22-13-11-21-52(57)63-59(65)23-15-24-60(63)67(50-34-28-44(29-35-50)47-31-37-62-55(39-47)51-20-12-14-25-61(51)68-62)49-32-26-43(27-33-49)46-30-36-58-54(38-46)56-41-48(42-16-7-5-8-17-42)40-53(64(56)66(58,3)4)45-18-9-6-10-19-45/h5-41H,1-4H3. The quantitative estimate of drug-likeness (QED) is 0.154. The highest BCUT2D eigenvalue weighted by atomic mass is 32.1. The molecule has 0 atom stereocenters. The Hall–Kier alpha value is -7.78. The molecule has 0 unspecified atom stereocenters. The van der Waals surface area contributed by atoms with E-state index in [1.807, 2.05) is 11.3 Å². The Morgan fingerprint density at radius 1 is 0.324 bits per heavy atom. The molecule has 0 radical (unpaired) electrons. The lowest BCUT2D eigenvalue weighted by molar-refractivity contribution is 0.660. The van der Waals surface area contributed by atoms with Gasteiger partial charge in [0.15, 0.2) is 0 Å². The second-order valence-corrected chi connectivity index (χ2v) is 20.8. The lowest BCUT2D eigenvalue weighted by Gasteiger charge is -2.29. The van der Waals surface area contributed by atoms with Crippen molar-refractivity contribution in [1.29, 1.82) is 0 Å². The van der Waals surface area contributed by atoms with E-state index in [9.17, 15) is 0 Å². The molecule has 13 rings (SSSR count). The minimum absolute atomic E-state index is 0.115. The van der Waals surface area contributed by atoms with Crippen LogP contribution >= 0.6 is 11.3 Å². The number of thiophene rings is 1. The maximum Gasteiger partial charge on any atom is 0.0543 e. The highest BCUT2D eigenvalue weighted by Gasteiger charge is 2.39. The third-order valence-corrected chi connectivity index (χ3v) is 16.2. The Morgan fingerprint density at radius 2 is 0.853 bits per heavy atom. The second-order valence-electron chi connectivity index (χ2n) is 19.7. The molecule has 0 bridgehead atoms. The highest BCUT2D eigenvalue weighted by molar-refractivity contribution is 7.25. The Kier molecular flexibility index (Phi) is 9.16. The first-order valence-corrected chi connectivity index (χ1v) is 24.6. The van der Waals surface area contributed by atoms with Crippen LogP contribution in [0.3, 0.4) is 0 Å². The molecule has 0 N–H and O–H groups in total. The summed E-state index contributed by atoms with van der Waals surface area (Å²) in [6, 6.07) is 83.7. The molecule has 11 aromatic rings. The van der Waals surface area contributed by atoms with Gasteiger partial charge in [-0.15, -0.1) is 11.3 Å². The molecule has 1 aromatic heterocycles. The van der Waals surface area contributed by atoms with Crippen LogP contribution in [0.25, 0.3) is 86.9 Å². The molecule has 0 amide bonds. The van der Waals surface area contributed by atoms with Gasteiger partial charge in [0.25, 0.3) is 0 Å². The van der Waals surface area contributed by atoms with Crippen LogP contribution in [-0.2, 0) is 10.8 Å². The van der Waals surface area contributed by atoms with Gasteiger partial charge in [-0.3, -0.25) is 0 Å². The molecule has 0 aliphatic heterocycles. The average Bonchev–Trinajstić information content (AvgIpc) is 3.96. The molecule has 2 heteroatoms. The van der Waals surface area contributed by atoms with E-state index in [0.717, 1.165) is 11.4 Å². The van der Waals surface area contributed by atoms with Crippen LogP contribution in [0.5, 0.6) is 0 Å². The van der Waals surface area contributed by atoms with E-state index in [1.165, 1.54) is 115 Å². The van der Waals surface area contributed by atoms with E-state index in [2.05, 4.69) is 257 Å². The van der Waals surface area contributed by atoms with E-state index >= 15 is 0 Å². The molecule has 10 aromatic carbocycles. The summed E-state index contributed by atoms with van der Waals surface area (Å²) in [5.74, 6) is 0. The van der Waals surface area contributed by atoms with Gasteiger partial charge in [-0.25, -0.2) is 0 Å². The largest absolute Gasteiger partial charge is 0.310 e. The zero-order valence-electron chi connectivity index (χ0n) is 38.7. The maximum absolute atomic E-state index is 2.47. The number of rotatable bonds is 7. The van der Waals surface area contributed by atoms with Gasteiger partial charge in [-0.2, -0.15) is 0 Å². The normalized spacial score (nSPS) is 13.8. The Labute approximate surface area is 403 Å². The Bertz CT molecular complexity index is 3760. The first-order valence-electron chi connectivity index (χ1n) is 23.8. The average molecular weight is 888 g/mol. The molecule has 68 heavy (non-hydrogen) atoms. The fourth-order valence-electron chi connectivity index (χ4n) is 11.7. The number of nitrogens with zero attached hydrogens (tertiary/aromatic N) is 1. The van der Waals surface area contributed by atoms with Crippen molar-refractivity contribution in [2.75, 3.05) is 4.90 Å². The summed E-state index contributed by atoms with van der Waals surface area (Å²) < 4.78 is 2.65. The summed E-state index contributed by atoms with van der Waals surface area (Å²) in [7, 11) is 0. The third-order valence-electron chi connectivity index (χ3n) is 15.1. The molecule has 0 saturated carbocycles. The van der Waals surface area contributed by atoms with Gasteiger partial charge in [0.05, 0.1) is 5.69 Å². The smallest absolute Gasteiger partial charge is 0.0543 e. The van der Waals surface area contributed by atoms with E-state index in [4.69, 9.17) is 0 Å². The van der Waals surface area contributed by atoms with Gasteiger partial charge in [-0.05, 0) is 150 Å². The van der Waals surface area contributed by atoms with E-state index < -0.39 is 0 Å². The summed E-state index contributed by atoms with van der Waals surface area (Å²) in [4.78, 5) is 2.47. The number of fused-ring (bicyclic) bond motifs is 9. The molecule has 0 spiro atoms. The molecular weight excluding hydrogens is 839 g/mol. The van der Waals surface area contributed by atoms with Gasteiger partial charge < -0.3 is 4.90 Å². The monoisotopic (exact) mass is 887 g/mol. The maximum atomic E-state index is 2.47. The molecule has 1 nitrogen and oxygen atoms in total. The topological polar surface area (TPSA) is 3.24 Å². The minimum Gasteiger partial charge on any atom is -0.310 e. The van der Waals surface area contributed by atoms with Crippen LogP contribution in [0.15, 0.2) is 224 Å². The van der Waals surface area contributed by atoms with Gasteiger partial charge in [0, 0.05) is 47.9 Å². The SMILES string of the molecule is CC1(C)c2ccccc2-c2c(N(c3ccc(-c4ccc5c(c4)-c4cc(-c6ccccc6)cc(-c6ccccc6)c4C5(C)C)cc3)c3ccc(-c4ccc5sc6ccccc6c5c4)cc3)cccc21. The van der Waals surface area contributed by atoms with Crippen molar-refractivity contribution < 1.29 is 0 Å². The molecule has 2 aliphatic rings. The minimum atomic E-state index is -0.169. The van der Waals surface area contributed by atoms with Crippen LogP contribution in [0.2, 0.25) is 0 Å². The number of anilines is 3. The first-order chi connectivity index (χ1) is 33.2. The third kappa shape index (κ3) is 6.28. The highest BCUT2D eigenvalue weighted by Crippen LogP contribution is 2.56. The van der Waals surface area contributed by atoms with Crippen LogP contribution in [-0.4, -0.2) is 0 Å². The zero-order chi connectivity index (χ0) is 45.7. The lowest BCUT2D eigenvalue weighted by Crippen LogP contribution is -2.16. The second kappa shape index (κ2) is 15.4. The number of hydrogen-bond acceptors (Lipinski definition) is 2. The molecule has 0 fully saturated rings. The van der Waals surface area contributed by atoms with Crippen molar-refractivity contribution in [3.63, 3.8) is 0 Å². The first kappa shape index (κ1) is 40.5. The van der Waals surface area contributed by atoms with Gasteiger partial charge >= 0.3 is 0 Å². The molecular formula is C66H49NS. The Morgan fingerprint density at radius 3 is 1.59 bits per heavy atom. The van der Waals surface area contributed by atoms with Crippen molar-refractivity contribution in [3.8, 4) is 66.8 Å². The van der Waals surface area contributed by atoms with E-state index in [-0.39, 0.29) is 10.8 Å². The lowest BCUT2D eigenvalue weighted by atomic mass is 9.78. The summed E-state index contributed by atoms with van der Waals surface area (Å²) in [6.45, 7) is 9.52.